The number of nitrogens with zero attached hydrogens (tertiary/aromatic N) is 1. The molecule has 3 nitrogen and oxygen atoms in total. The molecule has 0 heterocycles. The quantitative estimate of drug-likeness (QED) is 0.803. The molecule has 0 aliphatic heterocycles. The van der Waals surface area contributed by atoms with Crippen molar-refractivity contribution in [3.63, 3.8) is 0 Å². The summed E-state index contributed by atoms with van der Waals surface area (Å²) in [5.41, 5.74) is 1.72. The van der Waals surface area contributed by atoms with E-state index < -0.39 is 0 Å². The van der Waals surface area contributed by atoms with Crippen LogP contribution in [-0.4, -0.2) is 13.2 Å². The Morgan fingerprint density at radius 3 is 2.72 bits per heavy atom. The van der Waals surface area contributed by atoms with Gasteiger partial charge in [-0.2, -0.15) is 5.26 Å². The summed E-state index contributed by atoms with van der Waals surface area (Å²) >= 11 is 0. The van der Waals surface area contributed by atoms with E-state index in [4.69, 9.17) is 10.00 Å². The molecule has 0 spiro atoms. The van der Waals surface area contributed by atoms with Gasteiger partial charge in [0, 0.05) is 18.2 Å². The third-order valence-corrected chi connectivity index (χ3v) is 3.12. The third-order valence-electron chi connectivity index (χ3n) is 3.12. The lowest BCUT2D eigenvalue weighted by atomic mass is 10.1. The number of hydrogen-bond donors (Lipinski definition) is 1. The van der Waals surface area contributed by atoms with Crippen molar-refractivity contribution >= 4 is 0 Å². The van der Waals surface area contributed by atoms with Crippen LogP contribution in [0.4, 0.5) is 0 Å². The van der Waals surface area contributed by atoms with Crippen molar-refractivity contribution in [2.24, 2.45) is 0 Å². The fraction of sp³-hybridized carbons (Fsp3) is 0.533. The van der Waals surface area contributed by atoms with E-state index in [2.05, 4.69) is 25.2 Å². The van der Waals surface area contributed by atoms with E-state index in [1.54, 1.807) is 13.2 Å². The van der Waals surface area contributed by atoms with E-state index in [0.717, 1.165) is 24.3 Å². The van der Waals surface area contributed by atoms with Crippen molar-refractivity contribution in [1.82, 2.24) is 5.32 Å². The Hall–Kier alpha value is -1.53. The first-order chi connectivity index (χ1) is 8.74. The highest BCUT2D eigenvalue weighted by Gasteiger charge is 2.08. The zero-order valence-corrected chi connectivity index (χ0v) is 11.5. The number of benzene rings is 1. The van der Waals surface area contributed by atoms with Crippen molar-refractivity contribution in [2.45, 2.75) is 45.7 Å². The minimum absolute atomic E-state index is 0.533. The third kappa shape index (κ3) is 4.05. The Morgan fingerprint density at radius 1 is 1.39 bits per heavy atom. The molecular formula is C15H22N2O. The Kier molecular flexibility index (Phi) is 6.24. The molecule has 0 saturated carbocycles. The van der Waals surface area contributed by atoms with E-state index in [1.807, 2.05) is 12.1 Å². The van der Waals surface area contributed by atoms with Crippen molar-refractivity contribution < 1.29 is 4.74 Å². The van der Waals surface area contributed by atoms with Crippen LogP contribution in [0.1, 0.15) is 44.2 Å². The van der Waals surface area contributed by atoms with Gasteiger partial charge in [0.1, 0.15) is 5.75 Å². The Balaban J connectivity index is 2.73. The molecule has 1 rings (SSSR count). The Labute approximate surface area is 110 Å². The summed E-state index contributed by atoms with van der Waals surface area (Å²) in [5.74, 6) is 0.841. The topological polar surface area (TPSA) is 45.0 Å². The highest BCUT2D eigenvalue weighted by molar-refractivity contribution is 5.42. The first-order valence-corrected chi connectivity index (χ1v) is 6.55. The molecule has 0 saturated heterocycles. The van der Waals surface area contributed by atoms with E-state index in [0.29, 0.717) is 11.6 Å². The molecular weight excluding hydrogens is 224 g/mol. The molecule has 3 heteroatoms. The van der Waals surface area contributed by atoms with Crippen LogP contribution < -0.4 is 10.1 Å². The summed E-state index contributed by atoms with van der Waals surface area (Å²) in [5, 5.41) is 12.4. The van der Waals surface area contributed by atoms with Crippen LogP contribution in [0.3, 0.4) is 0 Å². The fourth-order valence-corrected chi connectivity index (χ4v) is 2.04. The largest absolute Gasteiger partial charge is 0.496 e. The molecule has 1 aromatic rings. The Bertz CT molecular complexity index is 409. The smallest absolute Gasteiger partial charge is 0.123 e. The predicted octanol–water partition coefficient (Wildman–Crippen LogP) is 3.24. The summed E-state index contributed by atoms with van der Waals surface area (Å²) in [6.45, 7) is 5.13. The second-order valence-corrected chi connectivity index (χ2v) is 4.41. The van der Waals surface area contributed by atoms with Crippen LogP contribution in [0.5, 0.6) is 5.75 Å². The van der Waals surface area contributed by atoms with E-state index in [1.165, 1.54) is 12.8 Å². The second kappa shape index (κ2) is 7.73. The van der Waals surface area contributed by atoms with Gasteiger partial charge in [-0.15, -0.1) is 0 Å². The van der Waals surface area contributed by atoms with Crippen LogP contribution in [0.25, 0.3) is 0 Å². The molecule has 1 unspecified atom stereocenters. The molecule has 1 atom stereocenters. The summed E-state index contributed by atoms with van der Waals surface area (Å²) in [7, 11) is 1.66. The van der Waals surface area contributed by atoms with Crippen LogP contribution in [0, 0.1) is 11.3 Å². The van der Waals surface area contributed by atoms with Crippen molar-refractivity contribution in [1.29, 1.82) is 5.26 Å². The second-order valence-electron chi connectivity index (χ2n) is 4.41. The van der Waals surface area contributed by atoms with E-state index in [9.17, 15) is 0 Å². The molecule has 0 amide bonds. The molecule has 1 aromatic carbocycles. The van der Waals surface area contributed by atoms with Crippen LogP contribution in [0.2, 0.25) is 0 Å². The predicted molar refractivity (Wildman–Crippen MR) is 73.5 cm³/mol. The number of ether oxygens (including phenoxy) is 1. The normalized spacial score (nSPS) is 11.9. The van der Waals surface area contributed by atoms with Gasteiger partial charge in [0.25, 0.3) is 0 Å². The maximum atomic E-state index is 8.92. The first-order valence-electron chi connectivity index (χ1n) is 6.55. The zero-order valence-electron chi connectivity index (χ0n) is 11.5. The molecule has 0 fully saturated rings. The van der Waals surface area contributed by atoms with Gasteiger partial charge in [0.15, 0.2) is 0 Å². The number of hydrogen-bond acceptors (Lipinski definition) is 3. The molecule has 1 N–H and O–H groups in total. The van der Waals surface area contributed by atoms with E-state index in [-0.39, 0.29) is 0 Å². The minimum Gasteiger partial charge on any atom is -0.496 e. The lowest BCUT2D eigenvalue weighted by Crippen LogP contribution is -2.27. The monoisotopic (exact) mass is 246 g/mol. The molecule has 0 aromatic heterocycles. The van der Waals surface area contributed by atoms with Gasteiger partial charge in [-0.25, -0.2) is 0 Å². The summed E-state index contributed by atoms with van der Waals surface area (Å²) in [6, 6.07) is 8.23. The highest BCUT2D eigenvalue weighted by atomic mass is 16.5. The number of methoxy groups -OCH3 is 1. The number of nitrogens with one attached hydrogen (secondary N) is 1. The van der Waals surface area contributed by atoms with Crippen LogP contribution in [-0.2, 0) is 6.54 Å². The van der Waals surface area contributed by atoms with Crippen molar-refractivity contribution in [2.75, 3.05) is 7.11 Å². The fourth-order valence-electron chi connectivity index (χ4n) is 2.04. The standard InChI is InChI=1S/C15H22N2O/c1-4-6-14(5-2)17-11-13-9-12(10-16)7-8-15(13)18-3/h7-9,14,17H,4-6,11H2,1-3H3. The molecule has 0 bridgehead atoms. The molecule has 0 radical (unpaired) electrons. The molecule has 0 aliphatic carbocycles. The summed E-state index contributed by atoms with van der Waals surface area (Å²) in [6.07, 6.45) is 3.48. The Morgan fingerprint density at radius 2 is 2.17 bits per heavy atom. The summed E-state index contributed by atoms with van der Waals surface area (Å²) in [4.78, 5) is 0. The van der Waals surface area contributed by atoms with Gasteiger partial charge in [0.2, 0.25) is 0 Å². The maximum absolute atomic E-state index is 8.92. The van der Waals surface area contributed by atoms with Crippen molar-refractivity contribution in [3.8, 4) is 11.8 Å². The van der Waals surface area contributed by atoms with Gasteiger partial charge < -0.3 is 10.1 Å². The number of rotatable bonds is 7. The van der Waals surface area contributed by atoms with Gasteiger partial charge in [-0.1, -0.05) is 20.3 Å². The SMILES string of the molecule is CCCC(CC)NCc1cc(C#N)ccc1OC. The maximum Gasteiger partial charge on any atom is 0.123 e. The summed E-state index contributed by atoms with van der Waals surface area (Å²) < 4.78 is 5.32. The first kappa shape index (κ1) is 14.5. The average molecular weight is 246 g/mol. The molecule has 98 valence electrons. The average Bonchev–Trinajstić information content (AvgIpc) is 2.43. The minimum atomic E-state index is 0.533. The van der Waals surface area contributed by atoms with Crippen LogP contribution in [0.15, 0.2) is 18.2 Å². The van der Waals surface area contributed by atoms with E-state index >= 15 is 0 Å². The van der Waals surface area contributed by atoms with Gasteiger partial charge >= 0.3 is 0 Å². The molecule has 18 heavy (non-hydrogen) atoms. The lowest BCUT2D eigenvalue weighted by Gasteiger charge is -2.17. The zero-order chi connectivity index (χ0) is 13.4. The van der Waals surface area contributed by atoms with Gasteiger partial charge in [-0.05, 0) is 31.0 Å². The molecule has 0 aliphatic rings. The van der Waals surface area contributed by atoms with Gasteiger partial charge in [0.05, 0.1) is 18.7 Å². The van der Waals surface area contributed by atoms with Crippen molar-refractivity contribution in [3.05, 3.63) is 29.3 Å². The number of nitriles is 1. The highest BCUT2D eigenvalue weighted by Crippen LogP contribution is 2.20. The lowest BCUT2D eigenvalue weighted by molar-refractivity contribution is 0.401. The van der Waals surface area contributed by atoms with Gasteiger partial charge in [-0.3, -0.25) is 0 Å². The van der Waals surface area contributed by atoms with Crippen LogP contribution >= 0.6 is 0 Å².